The fourth-order valence-corrected chi connectivity index (χ4v) is 2.17. The lowest BCUT2D eigenvalue weighted by Crippen LogP contribution is -2.11. The maximum absolute atomic E-state index is 11.7. The molecule has 17 heavy (non-hydrogen) atoms. The molecule has 1 saturated carbocycles. The van der Waals surface area contributed by atoms with Crippen LogP contribution in [-0.2, 0) is 4.79 Å². The van der Waals surface area contributed by atoms with Gasteiger partial charge in [-0.2, -0.15) is 0 Å². The maximum atomic E-state index is 11.7. The number of benzene rings is 1. The molecule has 0 amide bonds. The minimum Gasteiger partial charge on any atom is -0.304 e. The van der Waals surface area contributed by atoms with Crippen molar-refractivity contribution in [1.29, 1.82) is 5.41 Å². The molecule has 0 aliphatic heterocycles. The van der Waals surface area contributed by atoms with Crippen molar-refractivity contribution >= 4 is 34.7 Å². The number of halogens is 2. The highest BCUT2D eigenvalue weighted by atomic mass is 35.5. The van der Waals surface area contributed by atoms with Gasteiger partial charge in [-0.1, -0.05) is 29.3 Å². The topological polar surface area (TPSA) is 40.9 Å². The van der Waals surface area contributed by atoms with Crippen LogP contribution in [0.25, 0.3) is 0 Å². The van der Waals surface area contributed by atoms with E-state index in [2.05, 4.69) is 0 Å². The van der Waals surface area contributed by atoms with Crippen molar-refractivity contribution in [2.45, 2.75) is 26.2 Å². The molecule has 1 aromatic carbocycles. The molecule has 4 heteroatoms. The Kier molecular flexibility index (Phi) is 3.55. The Morgan fingerprint density at radius 3 is 2.65 bits per heavy atom. The highest BCUT2D eigenvalue weighted by molar-refractivity contribution is 6.42. The van der Waals surface area contributed by atoms with Crippen LogP contribution in [0.5, 0.6) is 0 Å². The number of hydrogen-bond acceptors (Lipinski definition) is 2. The van der Waals surface area contributed by atoms with E-state index in [9.17, 15) is 4.79 Å². The van der Waals surface area contributed by atoms with Gasteiger partial charge in [-0.05, 0) is 31.4 Å². The summed E-state index contributed by atoms with van der Waals surface area (Å²) in [4.78, 5) is 11.7. The van der Waals surface area contributed by atoms with Crippen molar-refractivity contribution in [3.05, 3.63) is 33.3 Å². The van der Waals surface area contributed by atoms with Gasteiger partial charge in [0.15, 0.2) is 0 Å². The quantitative estimate of drug-likeness (QED) is 0.824. The number of rotatable bonds is 4. The van der Waals surface area contributed by atoms with Crippen molar-refractivity contribution in [1.82, 2.24) is 0 Å². The van der Waals surface area contributed by atoms with Gasteiger partial charge in [0.1, 0.15) is 5.78 Å². The second kappa shape index (κ2) is 4.79. The molecule has 0 heterocycles. The fourth-order valence-electron chi connectivity index (χ4n) is 1.80. The molecule has 0 radical (unpaired) electrons. The van der Waals surface area contributed by atoms with E-state index in [1.165, 1.54) is 0 Å². The number of hydrogen-bond donors (Lipinski definition) is 1. The van der Waals surface area contributed by atoms with Crippen LogP contribution in [0.4, 0.5) is 0 Å². The van der Waals surface area contributed by atoms with E-state index in [4.69, 9.17) is 28.6 Å². The fraction of sp³-hybridized carbons (Fsp3) is 0.385. The van der Waals surface area contributed by atoms with Gasteiger partial charge in [0.25, 0.3) is 0 Å². The number of ketones is 1. The van der Waals surface area contributed by atoms with Crippen LogP contribution in [0.2, 0.25) is 10.0 Å². The van der Waals surface area contributed by atoms with E-state index in [1.54, 1.807) is 12.1 Å². The maximum Gasteiger partial charge on any atom is 0.141 e. The first-order chi connectivity index (χ1) is 8.00. The van der Waals surface area contributed by atoms with E-state index >= 15 is 0 Å². The van der Waals surface area contributed by atoms with Crippen molar-refractivity contribution < 1.29 is 4.79 Å². The summed E-state index contributed by atoms with van der Waals surface area (Å²) in [6, 6.07) is 3.43. The Bertz CT molecular complexity index is 492. The molecule has 2 nitrogen and oxygen atoms in total. The smallest absolute Gasteiger partial charge is 0.141 e. The Labute approximate surface area is 110 Å². The zero-order valence-electron chi connectivity index (χ0n) is 9.52. The van der Waals surface area contributed by atoms with E-state index in [0.29, 0.717) is 21.3 Å². The molecule has 0 saturated heterocycles. The van der Waals surface area contributed by atoms with Crippen LogP contribution < -0.4 is 0 Å². The zero-order chi connectivity index (χ0) is 12.6. The van der Waals surface area contributed by atoms with Gasteiger partial charge < -0.3 is 5.41 Å². The SMILES string of the molecule is Cc1c(C(=N)CC(=O)C2CC2)ccc(Cl)c1Cl. The second-order valence-corrected chi connectivity index (χ2v) is 5.22. The lowest BCUT2D eigenvalue weighted by molar-refractivity contribution is -0.119. The lowest BCUT2D eigenvalue weighted by Gasteiger charge is -2.09. The Hall–Kier alpha value is -0.860. The standard InChI is InChI=1S/C13H13Cl2NO/c1-7-9(4-5-10(14)13(7)15)11(16)6-12(17)8-2-3-8/h4-5,8,16H,2-3,6H2,1H3. The number of carbonyl (C=O) groups excluding carboxylic acids is 1. The van der Waals surface area contributed by atoms with Crippen molar-refractivity contribution in [2.24, 2.45) is 5.92 Å². The Morgan fingerprint density at radius 1 is 1.41 bits per heavy atom. The van der Waals surface area contributed by atoms with Gasteiger partial charge in [-0.15, -0.1) is 0 Å². The normalized spacial score (nSPS) is 14.8. The van der Waals surface area contributed by atoms with Gasteiger partial charge in [0.05, 0.1) is 10.0 Å². The van der Waals surface area contributed by atoms with Crippen molar-refractivity contribution in [2.75, 3.05) is 0 Å². The predicted molar refractivity (Wildman–Crippen MR) is 70.4 cm³/mol. The Balaban J connectivity index is 2.19. The molecule has 2 rings (SSSR count). The minimum absolute atomic E-state index is 0.167. The summed E-state index contributed by atoms with van der Waals surface area (Å²) in [6.45, 7) is 1.82. The van der Waals surface area contributed by atoms with Crippen LogP contribution in [0.1, 0.15) is 30.4 Å². The third-order valence-electron chi connectivity index (χ3n) is 3.05. The zero-order valence-corrected chi connectivity index (χ0v) is 11.0. The molecule has 1 aromatic rings. The molecule has 0 bridgehead atoms. The van der Waals surface area contributed by atoms with Crippen LogP contribution in [0, 0.1) is 18.3 Å². The number of Topliss-reactive ketones (excluding diaryl/α,β-unsaturated/α-hetero) is 1. The summed E-state index contributed by atoms with van der Waals surface area (Å²) < 4.78 is 0. The molecular weight excluding hydrogens is 257 g/mol. The van der Waals surface area contributed by atoms with E-state index in [0.717, 1.165) is 18.4 Å². The largest absolute Gasteiger partial charge is 0.304 e. The summed E-state index contributed by atoms with van der Waals surface area (Å²) in [7, 11) is 0. The summed E-state index contributed by atoms with van der Waals surface area (Å²) >= 11 is 11.9. The molecule has 90 valence electrons. The number of carbonyl (C=O) groups is 1. The van der Waals surface area contributed by atoms with E-state index in [-0.39, 0.29) is 18.1 Å². The van der Waals surface area contributed by atoms with E-state index in [1.807, 2.05) is 6.92 Å². The van der Waals surface area contributed by atoms with Gasteiger partial charge in [-0.3, -0.25) is 4.79 Å². The van der Waals surface area contributed by atoms with Gasteiger partial charge in [-0.25, -0.2) is 0 Å². The molecular formula is C13H13Cl2NO. The first-order valence-corrected chi connectivity index (χ1v) is 6.31. The third kappa shape index (κ3) is 2.70. The molecule has 0 aromatic heterocycles. The van der Waals surface area contributed by atoms with Crippen molar-refractivity contribution in [3.8, 4) is 0 Å². The van der Waals surface area contributed by atoms with Crippen LogP contribution in [0.3, 0.4) is 0 Å². The molecule has 0 atom stereocenters. The molecule has 0 spiro atoms. The third-order valence-corrected chi connectivity index (χ3v) is 3.95. The van der Waals surface area contributed by atoms with E-state index < -0.39 is 0 Å². The van der Waals surface area contributed by atoms with Gasteiger partial charge in [0.2, 0.25) is 0 Å². The summed E-state index contributed by atoms with van der Waals surface area (Å²) in [6.07, 6.45) is 2.16. The summed E-state index contributed by atoms with van der Waals surface area (Å²) in [5.74, 6) is 0.360. The number of nitrogens with one attached hydrogen (secondary N) is 1. The minimum atomic E-state index is 0.167. The highest BCUT2D eigenvalue weighted by Crippen LogP contribution is 2.32. The summed E-state index contributed by atoms with van der Waals surface area (Å²) in [5, 5.41) is 8.91. The molecule has 0 unspecified atom stereocenters. The molecule has 1 aliphatic carbocycles. The average molecular weight is 270 g/mol. The predicted octanol–water partition coefficient (Wildman–Crippen LogP) is 4.04. The monoisotopic (exact) mass is 269 g/mol. The first kappa shape index (κ1) is 12.6. The Morgan fingerprint density at radius 2 is 2.06 bits per heavy atom. The average Bonchev–Trinajstić information content (AvgIpc) is 3.09. The van der Waals surface area contributed by atoms with Crippen LogP contribution in [0.15, 0.2) is 12.1 Å². The van der Waals surface area contributed by atoms with Gasteiger partial charge in [0, 0.05) is 23.6 Å². The molecule has 1 fully saturated rings. The highest BCUT2D eigenvalue weighted by Gasteiger charge is 2.30. The molecule has 1 N–H and O–H groups in total. The van der Waals surface area contributed by atoms with Crippen molar-refractivity contribution in [3.63, 3.8) is 0 Å². The molecule has 1 aliphatic rings. The van der Waals surface area contributed by atoms with Crippen LogP contribution >= 0.6 is 23.2 Å². The van der Waals surface area contributed by atoms with Crippen LogP contribution in [-0.4, -0.2) is 11.5 Å². The first-order valence-electron chi connectivity index (χ1n) is 5.56. The van der Waals surface area contributed by atoms with Gasteiger partial charge >= 0.3 is 0 Å². The lowest BCUT2D eigenvalue weighted by atomic mass is 9.99. The summed E-state index contributed by atoms with van der Waals surface area (Å²) in [5.41, 5.74) is 1.82. The second-order valence-electron chi connectivity index (χ2n) is 4.43.